The summed E-state index contributed by atoms with van der Waals surface area (Å²) in [6, 6.07) is 13.6. The number of amides is 4. The molecule has 49 heavy (non-hydrogen) atoms. The number of benzene rings is 2. The monoisotopic (exact) mass is 668 g/mol. The van der Waals surface area contributed by atoms with E-state index in [9.17, 15) is 19.2 Å². The highest BCUT2D eigenvalue weighted by molar-refractivity contribution is 5.92. The molecular weight excluding hydrogens is 620 g/mol. The van der Waals surface area contributed by atoms with Crippen molar-refractivity contribution in [3.05, 3.63) is 65.6 Å². The molecule has 4 heterocycles. The normalized spacial score (nSPS) is 19.7. The zero-order valence-electron chi connectivity index (χ0n) is 29.2. The van der Waals surface area contributed by atoms with Gasteiger partial charge in [0.1, 0.15) is 17.9 Å². The lowest BCUT2D eigenvalue weighted by Crippen LogP contribution is -2.56. The molecule has 0 spiro atoms. The molecule has 2 aromatic carbocycles. The minimum Gasteiger partial charge on any atom is -0.453 e. The number of rotatable bonds is 8. The largest absolute Gasteiger partial charge is 0.453 e. The van der Waals surface area contributed by atoms with Crippen LogP contribution in [0.3, 0.4) is 0 Å². The van der Waals surface area contributed by atoms with Crippen LogP contribution in [-0.4, -0.2) is 87.3 Å². The molecule has 2 fully saturated rings. The first-order valence-electron chi connectivity index (χ1n) is 17.6. The Bertz CT molecular complexity index is 1700. The molecule has 1 aromatic heterocycles. The average molecular weight is 669 g/mol. The van der Waals surface area contributed by atoms with Crippen molar-refractivity contribution in [3.63, 3.8) is 0 Å². The Morgan fingerprint density at radius 3 is 2.27 bits per heavy atom. The van der Waals surface area contributed by atoms with Gasteiger partial charge in [0.2, 0.25) is 17.7 Å². The molecule has 6 rings (SSSR count). The van der Waals surface area contributed by atoms with E-state index in [1.807, 2.05) is 43.7 Å². The van der Waals surface area contributed by atoms with E-state index < -0.39 is 18.2 Å². The second-order valence-electron chi connectivity index (χ2n) is 14.1. The Kier molecular flexibility index (Phi) is 10.1. The third-order valence-corrected chi connectivity index (χ3v) is 10.2. The lowest BCUT2D eigenvalue weighted by Gasteiger charge is -2.35. The first-order chi connectivity index (χ1) is 23.5. The number of H-pyrrole nitrogens is 1. The van der Waals surface area contributed by atoms with Crippen LogP contribution < -0.4 is 5.32 Å². The highest BCUT2D eigenvalue weighted by atomic mass is 16.5. The summed E-state index contributed by atoms with van der Waals surface area (Å²) in [5.41, 5.74) is 6.54. The number of methoxy groups -OCH3 is 1. The topological polar surface area (TPSA) is 128 Å². The molecule has 0 bridgehead atoms. The highest BCUT2D eigenvalue weighted by Crippen LogP contribution is 2.34. The number of hydrogen-bond donors (Lipinski definition) is 2. The summed E-state index contributed by atoms with van der Waals surface area (Å²) in [4.78, 5) is 65.5. The van der Waals surface area contributed by atoms with Crippen molar-refractivity contribution in [2.45, 2.75) is 84.5 Å². The number of nitrogens with one attached hydrogen (secondary N) is 2. The van der Waals surface area contributed by atoms with Crippen molar-refractivity contribution in [1.29, 1.82) is 0 Å². The summed E-state index contributed by atoms with van der Waals surface area (Å²) in [5.74, 6) is 0.559. The number of fused-ring (bicyclic) bond motifs is 1. The van der Waals surface area contributed by atoms with Gasteiger partial charge >= 0.3 is 6.09 Å². The van der Waals surface area contributed by atoms with Crippen LogP contribution >= 0.6 is 0 Å². The minimum atomic E-state index is -0.753. The van der Waals surface area contributed by atoms with Crippen LogP contribution in [-0.2, 0) is 32.1 Å². The lowest BCUT2D eigenvalue weighted by molar-refractivity contribution is -0.146. The van der Waals surface area contributed by atoms with E-state index in [0.29, 0.717) is 26.1 Å². The first kappa shape index (κ1) is 34.2. The van der Waals surface area contributed by atoms with Crippen LogP contribution in [0.2, 0.25) is 0 Å². The molecule has 2 unspecified atom stereocenters. The number of imidazole rings is 1. The van der Waals surface area contributed by atoms with Crippen LogP contribution in [0.4, 0.5) is 4.79 Å². The molecule has 11 nitrogen and oxygen atoms in total. The molecule has 3 aromatic rings. The Balaban J connectivity index is 1.10. The Labute approximate surface area is 288 Å². The molecule has 0 aliphatic carbocycles. The average Bonchev–Trinajstić information content (AvgIpc) is 3.90. The van der Waals surface area contributed by atoms with E-state index in [1.165, 1.54) is 12.7 Å². The summed E-state index contributed by atoms with van der Waals surface area (Å²) in [6.07, 6.45) is 5.20. The molecule has 2 N–H and O–H groups in total. The molecule has 0 radical (unpaired) electrons. The van der Waals surface area contributed by atoms with Gasteiger partial charge in [0.15, 0.2) is 0 Å². The van der Waals surface area contributed by atoms with Gasteiger partial charge in [-0.05, 0) is 65.8 Å². The van der Waals surface area contributed by atoms with Crippen molar-refractivity contribution in [3.8, 4) is 22.4 Å². The van der Waals surface area contributed by atoms with Crippen LogP contribution in [0.15, 0.2) is 48.7 Å². The van der Waals surface area contributed by atoms with Crippen molar-refractivity contribution < 1.29 is 23.9 Å². The molecule has 2 saturated heterocycles. The van der Waals surface area contributed by atoms with Crippen LogP contribution in [0.1, 0.15) is 76.4 Å². The van der Waals surface area contributed by atoms with E-state index in [2.05, 4.69) is 57.7 Å². The third-order valence-electron chi connectivity index (χ3n) is 10.2. The van der Waals surface area contributed by atoms with Gasteiger partial charge in [-0.2, -0.15) is 0 Å². The second-order valence-corrected chi connectivity index (χ2v) is 14.1. The van der Waals surface area contributed by atoms with Gasteiger partial charge in [-0.1, -0.05) is 70.2 Å². The van der Waals surface area contributed by atoms with Gasteiger partial charge in [-0.15, -0.1) is 0 Å². The molecule has 3 aliphatic rings. The zero-order chi connectivity index (χ0) is 34.8. The Morgan fingerprint density at radius 2 is 1.55 bits per heavy atom. The van der Waals surface area contributed by atoms with E-state index in [1.54, 1.807) is 4.90 Å². The SMILES string of the molecule is COC(=O)N[C@H](C(=O)N1CCCC1C(=O)N1CCc2cc(-c3ccc(-c4cnc(C5CCCN5C(=O)C(C)C)[nH]4)cc3)ccc2C1)C(C)C. The van der Waals surface area contributed by atoms with E-state index >= 15 is 0 Å². The Morgan fingerprint density at radius 1 is 0.857 bits per heavy atom. The number of carbonyl (C=O) groups is 4. The number of likely N-dealkylation sites (tertiary alicyclic amines) is 2. The van der Waals surface area contributed by atoms with Crippen molar-refractivity contribution >= 4 is 23.8 Å². The predicted molar refractivity (Wildman–Crippen MR) is 186 cm³/mol. The maximum absolute atomic E-state index is 13.8. The number of nitrogens with zero attached hydrogens (tertiary/aromatic N) is 4. The van der Waals surface area contributed by atoms with Gasteiger partial charge in [0.05, 0.1) is 25.0 Å². The Hall–Kier alpha value is -4.67. The number of carbonyl (C=O) groups excluding carboxylic acids is 4. The number of alkyl carbamates (subject to hydrolysis) is 1. The summed E-state index contributed by atoms with van der Waals surface area (Å²) in [7, 11) is 1.27. The molecule has 11 heteroatoms. The maximum Gasteiger partial charge on any atom is 0.407 e. The molecular formula is C38H48N6O5. The fourth-order valence-corrected chi connectivity index (χ4v) is 7.44. The van der Waals surface area contributed by atoms with Gasteiger partial charge in [0, 0.05) is 32.1 Å². The maximum atomic E-state index is 13.8. The van der Waals surface area contributed by atoms with Gasteiger partial charge < -0.3 is 29.7 Å². The molecule has 260 valence electrons. The summed E-state index contributed by atoms with van der Waals surface area (Å²) >= 11 is 0. The lowest BCUT2D eigenvalue weighted by atomic mass is 9.93. The van der Waals surface area contributed by atoms with Gasteiger partial charge in [-0.3, -0.25) is 14.4 Å². The molecule has 0 saturated carbocycles. The first-order valence-corrected chi connectivity index (χ1v) is 17.6. The quantitative estimate of drug-likeness (QED) is 0.335. The summed E-state index contributed by atoms with van der Waals surface area (Å²) in [5, 5.41) is 2.65. The number of aromatic nitrogens is 2. The molecule has 4 amide bonds. The number of hydrogen-bond acceptors (Lipinski definition) is 6. The highest BCUT2D eigenvalue weighted by Gasteiger charge is 2.41. The minimum absolute atomic E-state index is 0.00297. The van der Waals surface area contributed by atoms with Crippen molar-refractivity contribution in [2.24, 2.45) is 11.8 Å². The van der Waals surface area contributed by atoms with E-state index in [-0.39, 0.29) is 35.6 Å². The second kappa shape index (κ2) is 14.4. The van der Waals surface area contributed by atoms with Gasteiger partial charge in [-0.25, -0.2) is 9.78 Å². The van der Waals surface area contributed by atoms with E-state index in [4.69, 9.17) is 4.74 Å². The number of aromatic amines is 1. The number of ether oxygens (including phenoxy) is 1. The van der Waals surface area contributed by atoms with Crippen molar-refractivity contribution in [2.75, 3.05) is 26.7 Å². The summed E-state index contributed by atoms with van der Waals surface area (Å²) in [6.45, 7) is 9.98. The third kappa shape index (κ3) is 7.07. The summed E-state index contributed by atoms with van der Waals surface area (Å²) < 4.78 is 4.73. The van der Waals surface area contributed by atoms with Gasteiger partial charge in [0.25, 0.3) is 0 Å². The predicted octanol–water partition coefficient (Wildman–Crippen LogP) is 5.32. The van der Waals surface area contributed by atoms with E-state index in [0.717, 1.165) is 66.0 Å². The zero-order valence-corrected chi connectivity index (χ0v) is 29.2. The smallest absolute Gasteiger partial charge is 0.407 e. The van der Waals surface area contributed by atoms with Crippen molar-refractivity contribution in [1.82, 2.24) is 30.0 Å². The van der Waals surface area contributed by atoms with Crippen LogP contribution in [0.5, 0.6) is 0 Å². The molecule has 3 atom stereocenters. The van der Waals surface area contributed by atoms with Crippen LogP contribution in [0.25, 0.3) is 22.4 Å². The molecule has 3 aliphatic heterocycles. The fraction of sp³-hybridized carbons (Fsp3) is 0.500. The fourth-order valence-electron chi connectivity index (χ4n) is 7.44. The standard InChI is InChI=1S/C38H48N6O5/c1-23(2)33(41-38(48)49-5)37(47)44-18-7-9-32(44)36(46)42-19-16-28-20-27(14-15-29(28)22-42)25-10-12-26(13-11-25)30-21-39-34(40-30)31-8-6-17-43(31)35(45)24(3)4/h10-15,20-21,23-24,31-33H,6-9,16-19,22H2,1-5H3,(H,39,40)(H,41,48)/t31?,32?,33-/m0/s1. The van der Waals surface area contributed by atoms with Crippen LogP contribution in [0, 0.1) is 11.8 Å².